The maximum atomic E-state index is 12.9. The van der Waals surface area contributed by atoms with Crippen LogP contribution in [-0.2, 0) is 4.79 Å². The number of anilines is 1. The van der Waals surface area contributed by atoms with E-state index in [1.54, 1.807) is 12.1 Å². The number of likely N-dealkylation sites (tertiary alicyclic amines) is 1. The van der Waals surface area contributed by atoms with E-state index in [-0.39, 0.29) is 17.8 Å². The summed E-state index contributed by atoms with van der Waals surface area (Å²) in [6.07, 6.45) is 5.42. The van der Waals surface area contributed by atoms with Crippen molar-refractivity contribution in [2.75, 3.05) is 18.4 Å². The molecule has 108 valence electrons. The number of piperidine rings is 1. The number of carbonyl (C=O) groups is 1. The van der Waals surface area contributed by atoms with Crippen LogP contribution in [-0.4, -0.2) is 29.9 Å². The highest BCUT2D eigenvalue weighted by Crippen LogP contribution is 2.29. The topological polar surface area (TPSA) is 32.3 Å². The third-order valence-corrected chi connectivity index (χ3v) is 4.40. The molecule has 0 bridgehead atoms. The summed E-state index contributed by atoms with van der Waals surface area (Å²) in [6.45, 7) is 1.66. The molecule has 0 unspecified atom stereocenters. The quantitative estimate of drug-likeness (QED) is 0.920. The van der Waals surface area contributed by atoms with Gasteiger partial charge >= 0.3 is 0 Å². The van der Waals surface area contributed by atoms with E-state index in [0.29, 0.717) is 5.91 Å². The van der Waals surface area contributed by atoms with Crippen molar-refractivity contribution in [2.24, 2.45) is 5.92 Å². The Balaban J connectivity index is 1.57. The van der Waals surface area contributed by atoms with Crippen molar-refractivity contribution < 1.29 is 9.18 Å². The van der Waals surface area contributed by atoms with Crippen molar-refractivity contribution in [3.05, 3.63) is 30.1 Å². The van der Waals surface area contributed by atoms with Crippen LogP contribution >= 0.6 is 0 Å². The van der Waals surface area contributed by atoms with Crippen LogP contribution in [0.1, 0.15) is 32.1 Å². The Morgan fingerprint density at radius 2 is 1.90 bits per heavy atom. The molecule has 3 rings (SSSR count). The molecule has 1 aliphatic carbocycles. The zero-order chi connectivity index (χ0) is 13.9. The van der Waals surface area contributed by atoms with Crippen LogP contribution in [0, 0.1) is 11.7 Å². The van der Waals surface area contributed by atoms with Gasteiger partial charge in [-0.3, -0.25) is 4.79 Å². The van der Waals surface area contributed by atoms with Gasteiger partial charge < -0.3 is 10.2 Å². The average molecular weight is 276 g/mol. The second-order valence-corrected chi connectivity index (χ2v) is 5.90. The third kappa shape index (κ3) is 2.94. The maximum Gasteiger partial charge on any atom is 0.225 e. The molecule has 0 spiro atoms. The van der Waals surface area contributed by atoms with Crippen LogP contribution in [0.3, 0.4) is 0 Å². The molecule has 1 N–H and O–H groups in total. The van der Waals surface area contributed by atoms with E-state index in [9.17, 15) is 9.18 Å². The minimum Gasteiger partial charge on any atom is -0.381 e. The Kier molecular flexibility index (Phi) is 3.90. The van der Waals surface area contributed by atoms with Crippen molar-refractivity contribution in [1.82, 2.24) is 4.90 Å². The van der Waals surface area contributed by atoms with E-state index >= 15 is 0 Å². The summed E-state index contributed by atoms with van der Waals surface area (Å²) >= 11 is 0. The molecule has 1 amide bonds. The minimum atomic E-state index is -0.221. The molecule has 1 atom stereocenters. The Hall–Kier alpha value is -1.58. The lowest BCUT2D eigenvalue weighted by molar-refractivity contribution is -0.139. The van der Waals surface area contributed by atoms with E-state index in [2.05, 4.69) is 5.32 Å². The molecular weight excluding hydrogens is 255 g/mol. The minimum absolute atomic E-state index is 0.221. The van der Waals surface area contributed by atoms with Gasteiger partial charge in [0.15, 0.2) is 0 Å². The summed E-state index contributed by atoms with van der Waals surface area (Å²) < 4.78 is 12.9. The largest absolute Gasteiger partial charge is 0.381 e. The first-order valence-electron chi connectivity index (χ1n) is 7.53. The molecular formula is C16H21FN2O. The van der Waals surface area contributed by atoms with Gasteiger partial charge in [0, 0.05) is 30.7 Å². The zero-order valence-corrected chi connectivity index (χ0v) is 11.6. The lowest BCUT2D eigenvalue weighted by Gasteiger charge is -2.37. The summed E-state index contributed by atoms with van der Waals surface area (Å²) in [6, 6.07) is 6.70. The fourth-order valence-corrected chi connectivity index (χ4v) is 2.99. The molecule has 0 radical (unpaired) electrons. The van der Waals surface area contributed by atoms with Gasteiger partial charge in [-0.25, -0.2) is 4.39 Å². The van der Waals surface area contributed by atoms with Crippen LogP contribution in [0.25, 0.3) is 0 Å². The summed E-state index contributed by atoms with van der Waals surface area (Å²) in [5.41, 5.74) is 0.925. The molecule has 1 heterocycles. The first kappa shape index (κ1) is 13.4. The van der Waals surface area contributed by atoms with E-state index in [1.807, 2.05) is 4.90 Å². The molecule has 1 saturated heterocycles. The highest BCUT2D eigenvalue weighted by atomic mass is 19.1. The number of hydrogen-bond acceptors (Lipinski definition) is 2. The van der Waals surface area contributed by atoms with Crippen LogP contribution in [0.2, 0.25) is 0 Å². The molecule has 1 aromatic carbocycles. The first-order valence-corrected chi connectivity index (χ1v) is 7.53. The smallest absolute Gasteiger partial charge is 0.225 e. The van der Waals surface area contributed by atoms with Crippen molar-refractivity contribution in [3.8, 4) is 0 Å². The normalized spacial score (nSPS) is 23.2. The molecule has 1 aliphatic heterocycles. The number of nitrogens with zero attached hydrogens (tertiary/aromatic N) is 1. The fraction of sp³-hybridized carbons (Fsp3) is 0.562. The summed E-state index contributed by atoms with van der Waals surface area (Å²) in [4.78, 5) is 14.3. The molecule has 4 heteroatoms. The summed E-state index contributed by atoms with van der Waals surface area (Å²) in [7, 11) is 0. The number of benzene rings is 1. The van der Waals surface area contributed by atoms with Crippen molar-refractivity contribution >= 4 is 11.6 Å². The van der Waals surface area contributed by atoms with Crippen LogP contribution in [0.5, 0.6) is 0 Å². The Bertz CT molecular complexity index is 470. The van der Waals surface area contributed by atoms with E-state index in [0.717, 1.165) is 44.5 Å². The fourth-order valence-electron chi connectivity index (χ4n) is 2.99. The van der Waals surface area contributed by atoms with Crippen molar-refractivity contribution in [1.29, 1.82) is 0 Å². The van der Waals surface area contributed by atoms with Crippen LogP contribution < -0.4 is 5.32 Å². The van der Waals surface area contributed by atoms with Gasteiger partial charge in [-0.2, -0.15) is 0 Å². The molecule has 20 heavy (non-hydrogen) atoms. The summed E-state index contributed by atoms with van der Waals surface area (Å²) in [5, 5.41) is 3.41. The van der Waals surface area contributed by atoms with Gasteiger partial charge in [0.25, 0.3) is 0 Å². The average Bonchev–Trinajstić information content (AvgIpc) is 2.40. The Morgan fingerprint density at radius 3 is 2.55 bits per heavy atom. The first-order chi connectivity index (χ1) is 9.72. The molecule has 1 aromatic rings. The van der Waals surface area contributed by atoms with E-state index < -0.39 is 0 Å². The second-order valence-electron chi connectivity index (χ2n) is 5.90. The molecule has 2 aliphatic rings. The van der Waals surface area contributed by atoms with Crippen molar-refractivity contribution in [2.45, 2.75) is 38.1 Å². The monoisotopic (exact) mass is 276 g/mol. The number of carbonyl (C=O) groups excluding carboxylic acids is 1. The maximum absolute atomic E-state index is 12.9. The lowest BCUT2D eigenvalue weighted by atomic mass is 9.84. The number of halogens is 1. The zero-order valence-electron chi connectivity index (χ0n) is 11.6. The van der Waals surface area contributed by atoms with Crippen LogP contribution in [0.15, 0.2) is 24.3 Å². The Morgan fingerprint density at radius 1 is 1.15 bits per heavy atom. The van der Waals surface area contributed by atoms with E-state index in [4.69, 9.17) is 0 Å². The number of rotatable bonds is 3. The van der Waals surface area contributed by atoms with E-state index in [1.165, 1.54) is 18.6 Å². The Labute approximate surface area is 119 Å². The second kappa shape index (κ2) is 5.81. The number of hydrogen-bond donors (Lipinski definition) is 1. The SMILES string of the molecule is O=C(C1CCC1)N1CCC[C@H](Nc2ccc(F)cc2)C1. The van der Waals surface area contributed by atoms with Gasteiger partial charge in [-0.05, 0) is 49.9 Å². The standard InChI is InChI=1S/C16H21FN2O/c17-13-6-8-14(9-7-13)18-15-5-2-10-19(11-15)16(20)12-3-1-4-12/h6-9,12,15,18H,1-5,10-11H2/t15-/m0/s1. The predicted octanol–water partition coefficient (Wildman–Crippen LogP) is 3.03. The van der Waals surface area contributed by atoms with Gasteiger partial charge in [0.05, 0.1) is 0 Å². The van der Waals surface area contributed by atoms with Crippen molar-refractivity contribution in [3.63, 3.8) is 0 Å². The van der Waals surface area contributed by atoms with Gasteiger partial charge in [-0.15, -0.1) is 0 Å². The molecule has 0 aromatic heterocycles. The molecule has 1 saturated carbocycles. The van der Waals surface area contributed by atoms with Crippen LogP contribution in [0.4, 0.5) is 10.1 Å². The predicted molar refractivity (Wildman–Crippen MR) is 77.0 cm³/mol. The molecule has 2 fully saturated rings. The van der Waals surface area contributed by atoms with Gasteiger partial charge in [-0.1, -0.05) is 6.42 Å². The lowest BCUT2D eigenvalue weighted by Crippen LogP contribution is -2.48. The highest BCUT2D eigenvalue weighted by Gasteiger charge is 2.32. The van der Waals surface area contributed by atoms with Gasteiger partial charge in [0.2, 0.25) is 5.91 Å². The molecule has 3 nitrogen and oxygen atoms in total. The number of nitrogens with one attached hydrogen (secondary N) is 1. The van der Waals surface area contributed by atoms with Gasteiger partial charge in [0.1, 0.15) is 5.82 Å². The highest BCUT2D eigenvalue weighted by molar-refractivity contribution is 5.79. The third-order valence-electron chi connectivity index (χ3n) is 4.40. The number of amides is 1. The summed E-state index contributed by atoms with van der Waals surface area (Å²) in [5.74, 6) is 0.391.